The lowest BCUT2D eigenvalue weighted by Gasteiger charge is -2.13. The summed E-state index contributed by atoms with van der Waals surface area (Å²) >= 11 is 0. The van der Waals surface area contributed by atoms with E-state index in [1.54, 1.807) is 59.3 Å². The summed E-state index contributed by atoms with van der Waals surface area (Å²) in [6.45, 7) is 0. The Labute approximate surface area is 167 Å². The molecule has 0 aliphatic carbocycles. The van der Waals surface area contributed by atoms with Gasteiger partial charge in [-0.3, -0.25) is 9.36 Å². The van der Waals surface area contributed by atoms with E-state index in [1.807, 2.05) is 36.4 Å². The Bertz CT molecular complexity index is 1340. The predicted octanol–water partition coefficient (Wildman–Crippen LogP) is 4.31. The second-order valence-corrected chi connectivity index (χ2v) is 6.33. The van der Waals surface area contributed by atoms with Crippen LogP contribution in [-0.2, 0) is 0 Å². The van der Waals surface area contributed by atoms with Crippen LogP contribution >= 0.6 is 0 Å². The molecule has 0 bridgehead atoms. The zero-order valence-corrected chi connectivity index (χ0v) is 15.3. The first-order valence-electron chi connectivity index (χ1n) is 8.90. The number of hydrogen-bond donors (Lipinski definition) is 0. The van der Waals surface area contributed by atoms with Crippen molar-refractivity contribution in [3.63, 3.8) is 0 Å². The SMILES string of the molecule is N#Cc1cccc(-c2cc(-c3ccccc3C#N)c(=O)n(-c3ccccc3)c2)n1. The second kappa shape index (κ2) is 7.64. The van der Waals surface area contributed by atoms with Gasteiger partial charge in [0.1, 0.15) is 11.8 Å². The van der Waals surface area contributed by atoms with Crippen LogP contribution in [0.4, 0.5) is 0 Å². The van der Waals surface area contributed by atoms with E-state index in [2.05, 4.69) is 11.1 Å². The minimum Gasteiger partial charge on any atom is -0.283 e. The van der Waals surface area contributed by atoms with Gasteiger partial charge in [0.05, 0.1) is 17.3 Å². The summed E-state index contributed by atoms with van der Waals surface area (Å²) in [7, 11) is 0. The van der Waals surface area contributed by atoms with Gasteiger partial charge in [-0.05, 0) is 36.4 Å². The molecule has 2 aromatic carbocycles. The summed E-state index contributed by atoms with van der Waals surface area (Å²) in [5.41, 5.74) is 3.37. The molecule has 29 heavy (non-hydrogen) atoms. The number of nitriles is 2. The fourth-order valence-corrected chi connectivity index (χ4v) is 3.17. The quantitative estimate of drug-likeness (QED) is 0.535. The number of hydrogen-bond acceptors (Lipinski definition) is 4. The normalized spacial score (nSPS) is 10.1. The number of benzene rings is 2. The third-order valence-corrected chi connectivity index (χ3v) is 4.55. The molecule has 0 amide bonds. The average molecular weight is 374 g/mol. The third-order valence-electron chi connectivity index (χ3n) is 4.55. The number of aromatic nitrogens is 2. The molecule has 0 aliphatic heterocycles. The van der Waals surface area contributed by atoms with Crippen molar-refractivity contribution in [2.75, 3.05) is 0 Å². The van der Waals surface area contributed by atoms with E-state index in [-0.39, 0.29) is 5.56 Å². The highest BCUT2D eigenvalue weighted by molar-refractivity contribution is 5.75. The fraction of sp³-hybridized carbons (Fsp3) is 0. The summed E-state index contributed by atoms with van der Waals surface area (Å²) in [5.74, 6) is 0. The molecule has 4 rings (SSSR count). The fourth-order valence-electron chi connectivity index (χ4n) is 3.17. The van der Waals surface area contributed by atoms with Crippen LogP contribution in [0.15, 0.2) is 89.9 Å². The molecule has 0 atom stereocenters. The van der Waals surface area contributed by atoms with Crippen LogP contribution in [0.3, 0.4) is 0 Å². The van der Waals surface area contributed by atoms with Gasteiger partial charge >= 0.3 is 0 Å². The Hall–Kier alpha value is -4.48. The van der Waals surface area contributed by atoms with Crippen molar-refractivity contribution in [1.29, 1.82) is 10.5 Å². The lowest BCUT2D eigenvalue weighted by molar-refractivity contribution is 0.993. The molecular weight excluding hydrogens is 360 g/mol. The van der Waals surface area contributed by atoms with Gasteiger partial charge in [0.15, 0.2) is 0 Å². The summed E-state index contributed by atoms with van der Waals surface area (Å²) in [6, 6.07) is 27.3. The van der Waals surface area contributed by atoms with Crippen LogP contribution in [0.1, 0.15) is 11.3 Å². The lowest BCUT2D eigenvalue weighted by atomic mass is 9.99. The minimum absolute atomic E-state index is 0.237. The van der Waals surface area contributed by atoms with Crippen LogP contribution in [-0.4, -0.2) is 9.55 Å². The molecule has 0 N–H and O–H groups in total. The van der Waals surface area contributed by atoms with Gasteiger partial charge in [0.2, 0.25) is 0 Å². The van der Waals surface area contributed by atoms with Crippen LogP contribution in [0.2, 0.25) is 0 Å². The van der Waals surface area contributed by atoms with E-state index < -0.39 is 0 Å². The topological polar surface area (TPSA) is 82.5 Å². The van der Waals surface area contributed by atoms with Crippen molar-refractivity contribution in [2.45, 2.75) is 0 Å². The van der Waals surface area contributed by atoms with E-state index in [9.17, 15) is 15.3 Å². The number of para-hydroxylation sites is 1. The van der Waals surface area contributed by atoms with E-state index in [0.29, 0.717) is 39.3 Å². The van der Waals surface area contributed by atoms with E-state index >= 15 is 0 Å². The summed E-state index contributed by atoms with van der Waals surface area (Å²) in [4.78, 5) is 17.7. The smallest absolute Gasteiger partial charge is 0.263 e. The summed E-state index contributed by atoms with van der Waals surface area (Å²) in [5, 5.41) is 18.7. The summed E-state index contributed by atoms with van der Waals surface area (Å²) < 4.78 is 1.54. The molecule has 2 heterocycles. The highest BCUT2D eigenvalue weighted by atomic mass is 16.1. The largest absolute Gasteiger partial charge is 0.283 e. The van der Waals surface area contributed by atoms with Gasteiger partial charge in [-0.2, -0.15) is 10.5 Å². The van der Waals surface area contributed by atoms with Crippen LogP contribution in [0, 0.1) is 22.7 Å². The molecule has 0 saturated carbocycles. The lowest BCUT2D eigenvalue weighted by Crippen LogP contribution is -2.20. The van der Waals surface area contributed by atoms with E-state index in [4.69, 9.17) is 0 Å². The predicted molar refractivity (Wildman–Crippen MR) is 110 cm³/mol. The van der Waals surface area contributed by atoms with Crippen molar-refractivity contribution in [2.24, 2.45) is 0 Å². The maximum absolute atomic E-state index is 13.3. The number of nitrogens with zero attached hydrogens (tertiary/aromatic N) is 4. The van der Waals surface area contributed by atoms with Gasteiger partial charge in [-0.1, -0.05) is 42.5 Å². The van der Waals surface area contributed by atoms with Crippen molar-refractivity contribution in [3.05, 3.63) is 107 Å². The Morgan fingerprint density at radius 1 is 0.793 bits per heavy atom. The molecule has 4 aromatic rings. The first-order chi connectivity index (χ1) is 14.2. The summed E-state index contributed by atoms with van der Waals surface area (Å²) in [6.07, 6.45) is 1.71. The second-order valence-electron chi connectivity index (χ2n) is 6.33. The van der Waals surface area contributed by atoms with Crippen molar-refractivity contribution >= 4 is 0 Å². The minimum atomic E-state index is -0.237. The molecule has 0 aliphatic rings. The zero-order valence-electron chi connectivity index (χ0n) is 15.3. The van der Waals surface area contributed by atoms with Crippen molar-refractivity contribution < 1.29 is 0 Å². The highest BCUT2D eigenvalue weighted by Gasteiger charge is 2.15. The van der Waals surface area contributed by atoms with Crippen LogP contribution < -0.4 is 5.56 Å². The van der Waals surface area contributed by atoms with Gasteiger partial charge in [-0.25, -0.2) is 4.98 Å². The molecule has 0 unspecified atom stereocenters. The molecule has 136 valence electrons. The maximum Gasteiger partial charge on any atom is 0.263 e. The standard InChI is InChI=1S/C24H14N4O/c25-14-17-7-4-5-11-21(17)22-13-18(23-12-6-8-19(15-26)27-23)16-28(24(22)29)20-9-2-1-3-10-20/h1-13,16H. The molecular formula is C24H14N4O. The molecule has 5 heteroatoms. The molecule has 2 aromatic heterocycles. The highest BCUT2D eigenvalue weighted by Crippen LogP contribution is 2.26. The Morgan fingerprint density at radius 2 is 1.55 bits per heavy atom. The van der Waals surface area contributed by atoms with E-state index in [0.717, 1.165) is 0 Å². The average Bonchev–Trinajstić information content (AvgIpc) is 2.80. The molecule has 0 radical (unpaired) electrons. The Kier molecular flexibility index (Phi) is 4.72. The Morgan fingerprint density at radius 3 is 2.31 bits per heavy atom. The van der Waals surface area contributed by atoms with Crippen molar-refractivity contribution in [1.82, 2.24) is 9.55 Å². The molecule has 5 nitrogen and oxygen atoms in total. The first kappa shape index (κ1) is 17.9. The number of pyridine rings is 2. The maximum atomic E-state index is 13.3. The van der Waals surface area contributed by atoms with Crippen molar-refractivity contribution in [3.8, 4) is 40.2 Å². The van der Waals surface area contributed by atoms with E-state index in [1.165, 1.54) is 0 Å². The van der Waals surface area contributed by atoms with Crippen LogP contribution in [0.5, 0.6) is 0 Å². The zero-order chi connectivity index (χ0) is 20.2. The third kappa shape index (κ3) is 3.41. The molecule has 0 saturated heterocycles. The van der Waals surface area contributed by atoms with Gasteiger partial charge in [0, 0.05) is 28.6 Å². The molecule has 0 spiro atoms. The first-order valence-corrected chi connectivity index (χ1v) is 8.90. The molecule has 0 fully saturated rings. The van der Waals surface area contributed by atoms with Crippen LogP contribution in [0.25, 0.3) is 28.1 Å². The van der Waals surface area contributed by atoms with Gasteiger partial charge < -0.3 is 0 Å². The Balaban J connectivity index is 2.04. The number of rotatable bonds is 3. The van der Waals surface area contributed by atoms with Gasteiger partial charge in [-0.15, -0.1) is 0 Å². The monoisotopic (exact) mass is 374 g/mol. The van der Waals surface area contributed by atoms with Gasteiger partial charge in [0.25, 0.3) is 5.56 Å².